The normalized spacial score (nSPS) is 17.8. The zero-order valence-electron chi connectivity index (χ0n) is 15.0. The van der Waals surface area contributed by atoms with Crippen LogP contribution in [0, 0.1) is 18.6 Å². The van der Waals surface area contributed by atoms with Crippen LogP contribution in [0.25, 0.3) is 0 Å². The molecule has 6 nitrogen and oxygen atoms in total. The molecule has 1 aliphatic heterocycles. The third kappa shape index (κ3) is 3.99. The number of urea groups is 1. The maximum atomic E-state index is 14.3. The highest BCUT2D eigenvalue weighted by Crippen LogP contribution is 2.36. The van der Waals surface area contributed by atoms with Gasteiger partial charge in [-0.05, 0) is 56.7 Å². The molecule has 1 unspecified atom stereocenters. The minimum absolute atomic E-state index is 0.185. The molecule has 0 bridgehead atoms. The van der Waals surface area contributed by atoms with Gasteiger partial charge in [0.1, 0.15) is 17.2 Å². The Morgan fingerprint density at radius 1 is 1.07 bits per heavy atom. The first-order chi connectivity index (χ1) is 12.7. The van der Waals surface area contributed by atoms with Crippen LogP contribution in [0.3, 0.4) is 0 Å². The highest BCUT2D eigenvalue weighted by molar-refractivity contribution is 5.99. The summed E-state index contributed by atoms with van der Waals surface area (Å²) in [6.45, 7) is 4.94. The van der Waals surface area contributed by atoms with Crippen LogP contribution in [-0.4, -0.2) is 17.7 Å². The van der Waals surface area contributed by atoms with Gasteiger partial charge in [0.2, 0.25) is 0 Å². The number of halogens is 2. The number of nitrogens with one attached hydrogen (secondary N) is 3. The molecule has 2 aromatic carbocycles. The van der Waals surface area contributed by atoms with Gasteiger partial charge < -0.3 is 20.7 Å². The van der Waals surface area contributed by atoms with E-state index in [0.717, 1.165) is 0 Å². The molecule has 3 N–H and O–H groups in total. The fraction of sp³-hybridized carbons (Fsp3) is 0.263. The van der Waals surface area contributed by atoms with Crippen molar-refractivity contribution in [2.75, 3.05) is 10.6 Å². The van der Waals surface area contributed by atoms with Crippen LogP contribution in [0.15, 0.2) is 36.4 Å². The SMILES string of the molecule is Cc1ccc(NC(=O)Nc2ccc(F)c(C3NC(=O)OC3(C)C)c2)cc1F. The van der Waals surface area contributed by atoms with E-state index in [1.165, 1.54) is 24.3 Å². The Bertz CT molecular complexity index is 915. The largest absolute Gasteiger partial charge is 0.441 e. The van der Waals surface area contributed by atoms with E-state index in [4.69, 9.17) is 4.74 Å². The molecule has 1 aliphatic rings. The second-order valence-corrected chi connectivity index (χ2v) is 6.85. The molecule has 3 rings (SSSR count). The van der Waals surface area contributed by atoms with Crippen molar-refractivity contribution in [2.45, 2.75) is 32.4 Å². The Balaban J connectivity index is 1.77. The molecule has 1 fully saturated rings. The topological polar surface area (TPSA) is 79.5 Å². The molecule has 3 amide bonds. The van der Waals surface area contributed by atoms with E-state index in [9.17, 15) is 18.4 Å². The van der Waals surface area contributed by atoms with E-state index in [1.54, 1.807) is 32.9 Å². The maximum Gasteiger partial charge on any atom is 0.408 e. The van der Waals surface area contributed by atoms with Crippen LogP contribution in [0.5, 0.6) is 0 Å². The average molecular weight is 375 g/mol. The lowest BCUT2D eigenvalue weighted by atomic mass is 9.92. The third-order valence-electron chi connectivity index (χ3n) is 4.31. The van der Waals surface area contributed by atoms with Crippen molar-refractivity contribution in [1.82, 2.24) is 5.32 Å². The summed E-state index contributed by atoms with van der Waals surface area (Å²) in [6, 6.07) is 7.01. The highest BCUT2D eigenvalue weighted by atomic mass is 19.1. The van der Waals surface area contributed by atoms with Gasteiger partial charge in [0, 0.05) is 16.9 Å². The monoisotopic (exact) mass is 375 g/mol. The molecule has 0 spiro atoms. The van der Waals surface area contributed by atoms with Crippen LogP contribution in [0.2, 0.25) is 0 Å². The minimum Gasteiger partial charge on any atom is -0.441 e. The summed E-state index contributed by atoms with van der Waals surface area (Å²) in [5, 5.41) is 7.63. The van der Waals surface area contributed by atoms with Crippen molar-refractivity contribution in [3.8, 4) is 0 Å². The summed E-state index contributed by atoms with van der Waals surface area (Å²) in [7, 11) is 0. The first-order valence-electron chi connectivity index (χ1n) is 8.29. The molecule has 1 heterocycles. The molecule has 2 aromatic rings. The van der Waals surface area contributed by atoms with Gasteiger partial charge in [-0.1, -0.05) is 6.07 Å². The second kappa shape index (κ2) is 6.86. The fourth-order valence-corrected chi connectivity index (χ4v) is 2.88. The Kier molecular flexibility index (Phi) is 4.73. The molecular weight excluding hydrogens is 356 g/mol. The van der Waals surface area contributed by atoms with E-state index in [1.807, 2.05) is 0 Å². The number of benzene rings is 2. The standard InChI is InChI=1S/C19H19F2N3O3/c1-10-4-5-12(9-15(10)21)23-17(25)22-11-6-7-14(20)13(8-11)16-19(2,3)27-18(26)24-16/h4-9,16H,1-3H3,(H,24,26)(H2,22,23,25). The lowest BCUT2D eigenvalue weighted by Crippen LogP contribution is -2.31. The number of aryl methyl sites for hydroxylation is 1. The van der Waals surface area contributed by atoms with Crippen molar-refractivity contribution in [1.29, 1.82) is 0 Å². The van der Waals surface area contributed by atoms with E-state index in [-0.39, 0.29) is 11.3 Å². The molecule has 1 saturated heterocycles. The van der Waals surface area contributed by atoms with Gasteiger partial charge in [-0.3, -0.25) is 0 Å². The van der Waals surface area contributed by atoms with Crippen LogP contribution in [0.1, 0.15) is 31.0 Å². The first kappa shape index (κ1) is 18.6. The summed E-state index contributed by atoms with van der Waals surface area (Å²) in [5.41, 5.74) is 0.305. The maximum absolute atomic E-state index is 14.3. The summed E-state index contributed by atoms with van der Waals surface area (Å²) < 4.78 is 33.0. The molecule has 27 heavy (non-hydrogen) atoms. The van der Waals surface area contributed by atoms with Gasteiger partial charge in [0.05, 0.1) is 6.04 Å². The summed E-state index contributed by atoms with van der Waals surface area (Å²) in [5.74, 6) is -0.971. The van der Waals surface area contributed by atoms with Crippen LogP contribution < -0.4 is 16.0 Å². The Labute approximate surface area is 154 Å². The quantitative estimate of drug-likeness (QED) is 0.740. The van der Waals surface area contributed by atoms with Crippen LogP contribution in [0.4, 0.5) is 29.7 Å². The molecular formula is C19H19F2N3O3. The molecule has 0 aliphatic carbocycles. The second-order valence-electron chi connectivity index (χ2n) is 6.85. The fourth-order valence-electron chi connectivity index (χ4n) is 2.88. The van der Waals surface area contributed by atoms with Gasteiger partial charge in [-0.2, -0.15) is 0 Å². The molecule has 142 valence electrons. The van der Waals surface area contributed by atoms with Crippen LogP contribution >= 0.6 is 0 Å². The first-order valence-corrected chi connectivity index (χ1v) is 8.29. The smallest absolute Gasteiger partial charge is 0.408 e. The Morgan fingerprint density at radius 3 is 2.30 bits per heavy atom. The number of hydrogen-bond acceptors (Lipinski definition) is 3. The van der Waals surface area contributed by atoms with Gasteiger partial charge >= 0.3 is 12.1 Å². The van der Waals surface area contributed by atoms with Crippen molar-refractivity contribution < 1.29 is 23.1 Å². The van der Waals surface area contributed by atoms with Crippen molar-refractivity contribution in [3.05, 3.63) is 59.2 Å². The zero-order chi connectivity index (χ0) is 19.8. The number of ether oxygens (including phenoxy) is 1. The van der Waals surface area contributed by atoms with Gasteiger partial charge in [0.25, 0.3) is 0 Å². The number of alkyl carbamates (subject to hydrolysis) is 1. The lowest BCUT2D eigenvalue weighted by molar-refractivity contribution is 0.0677. The predicted octanol–water partition coefficient (Wildman–Crippen LogP) is 4.48. The number of carbonyl (C=O) groups excluding carboxylic acids is 2. The number of cyclic esters (lactones) is 1. The third-order valence-corrected chi connectivity index (χ3v) is 4.31. The number of hydrogen-bond donors (Lipinski definition) is 3. The molecule has 0 radical (unpaired) electrons. The lowest BCUT2D eigenvalue weighted by Gasteiger charge is -2.24. The van der Waals surface area contributed by atoms with E-state index >= 15 is 0 Å². The summed E-state index contributed by atoms with van der Waals surface area (Å²) in [6.07, 6.45) is -0.637. The van der Waals surface area contributed by atoms with Gasteiger partial charge in [-0.15, -0.1) is 0 Å². The zero-order valence-corrected chi connectivity index (χ0v) is 15.0. The summed E-state index contributed by atoms with van der Waals surface area (Å²) in [4.78, 5) is 23.6. The van der Waals surface area contributed by atoms with E-state index in [0.29, 0.717) is 11.3 Å². The molecule has 1 atom stereocenters. The molecule has 0 saturated carbocycles. The number of carbonyl (C=O) groups is 2. The van der Waals surface area contributed by atoms with Crippen molar-refractivity contribution >= 4 is 23.5 Å². The van der Waals surface area contributed by atoms with Crippen LogP contribution in [-0.2, 0) is 4.74 Å². The molecule has 0 aromatic heterocycles. The van der Waals surface area contributed by atoms with Crippen molar-refractivity contribution in [2.24, 2.45) is 0 Å². The van der Waals surface area contributed by atoms with Crippen molar-refractivity contribution in [3.63, 3.8) is 0 Å². The number of amides is 3. The number of rotatable bonds is 3. The average Bonchev–Trinajstić information content (AvgIpc) is 2.85. The summed E-state index contributed by atoms with van der Waals surface area (Å²) >= 11 is 0. The number of anilines is 2. The minimum atomic E-state index is -0.946. The Morgan fingerprint density at radius 2 is 1.70 bits per heavy atom. The van der Waals surface area contributed by atoms with E-state index < -0.39 is 35.4 Å². The van der Waals surface area contributed by atoms with Gasteiger partial charge in [0.15, 0.2) is 0 Å². The highest BCUT2D eigenvalue weighted by Gasteiger charge is 2.43. The molecule has 8 heteroatoms. The van der Waals surface area contributed by atoms with Gasteiger partial charge in [-0.25, -0.2) is 18.4 Å². The predicted molar refractivity (Wildman–Crippen MR) is 96.6 cm³/mol. The Hall–Kier alpha value is -3.16. The van der Waals surface area contributed by atoms with E-state index in [2.05, 4.69) is 16.0 Å².